The van der Waals surface area contributed by atoms with Crippen molar-refractivity contribution < 1.29 is 4.79 Å². The summed E-state index contributed by atoms with van der Waals surface area (Å²) < 4.78 is 0. The van der Waals surface area contributed by atoms with Gasteiger partial charge >= 0.3 is 0 Å². The van der Waals surface area contributed by atoms with Gasteiger partial charge in [-0.15, -0.1) is 0 Å². The summed E-state index contributed by atoms with van der Waals surface area (Å²) in [6.45, 7) is 3.52. The average molecular weight is 268 g/mol. The summed E-state index contributed by atoms with van der Waals surface area (Å²) in [4.78, 5) is 14.0. The first kappa shape index (κ1) is 14.0. The van der Waals surface area contributed by atoms with Crippen molar-refractivity contribution in [2.24, 2.45) is 0 Å². The van der Waals surface area contributed by atoms with Crippen LogP contribution in [0.15, 0.2) is 18.2 Å². The van der Waals surface area contributed by atoms with Crippen molar-refractivity contribution in [2.75, 3.05) is 18.0 Å². The van der Waals surface area contributed by atoms with Crippen LogP contribution in [0.25, 0.3) is 0 Å². The van der Waals surface area contributed by atoms with Crippen molar-refractivity contribution in [1.29, 1.82) is 10.5 Å². The molecule has 5 nitrogen and oxygen atoms in total. The van der Waals surface area contributed by atoms with Gasteiger partial charge in [0.2, 0.25) is 5.91 Å². The highest BCUT2D eigenvalue weighted by atomic mass is 16.2. The van der Waals surface area contributed by atoms with Gasteiger partial charge < -0.3 is 10.2 Å². The van der Waals surface area contributed by atoms with Crippen LogP contribution < -0.4 is 10.2 Å². The van der Waals surface area contributed by atoms with Crippen LogP contribution in [0.1, 0.15) is 30.9 Å². The molecule has 1 atom stereocenters. The van der Waals surface area contributed by atoms with E-state index in [1.54, 1.807) is 23.1 Å². The molecule has 0 spiro atoms. The second-order valence-corrected chi connectivity index (χ2v) is 4.74. The number of benzene rings is 1. The van der Waals surface area contributed by atoms with Gasteiger partial charge in [-0.1, -0.05) is 6.92 Å². The standard InChI is InChI=1S/C15H16N4O/c1-2-6-18-14-5-7-19(15(14)20)13-4-3-11(9-16)12(8-13)10-17/h3-4,8,14,18H,2,5-7H2,1H3. The fraction of sp³-hybridized carbons (Fsp3) is 0.400. The summed E-state index contributed by atoms with van der Waals surface area (Å²) in [5, 5.41) is 21.2. The van der Waals surface area contributed by atoms with E-state index in [9.17, 15) is 4.79 Å². The Morgan fingerprint density at radius 1 is 1.35 bits per heavy atom. The third-order valence-corrected chi connectivity index (χ3v) is 3.40. The van der Waals surface area contributed by atoms with Crippen LogP contribution in [0.5, 0.6) is 0 Å². The zero-order valence-corrected chi connectivity index (χ0v) is 11.4. The minimum atomic E-state index is -0.142. The van der Waals surface area contributed by atoms with Gasteiger partial charge in [-0.05, 0) is 37.6 Å². The number of nitrogens with one attached hydrogen (secondary N) is 1. The van der Waals surface area contributed by atoms with Crippen molar-refractivity contribution in [2.45, 2.75) is 25.8 Å². The van der Waals surface area contributed by atoms with Crippen LogP contribution in [0.2, 0.25) is 0 Å². The molecule has 1 heterocycles. The lowest BCUT2D eigenvalue weighted by Crippen LogP contribution is -2.38. The first-order valence-electron chi connectivity index (χ1n) is 6.70. The van der Waals surface area contributed by atoms with Crippen LogP contribution in [0, 0.1) is 22.7 Å². The van der Waals surface area contributed by atoms with Gasteiger partial charge in [-0.3, -0.25) is 4.79 Å². The Morgan fingerprint density at radius 3 is 2.75 bits per heavy atom. The topological polar surface area (TPSA) is 79.9 Å². The molecule has 1 amide bonds. The Labute approximate surface area is 118 Å². The SMILES string of the molecule is CCCNC1CCN(c2ccc(C#N)c(C#N)c2)C1=O. The third kappa shape index (κ3) is 2.64. The summed E-state index contributed by atoms with van der Waals surface area (Å²) in [5.74, 6) is 0.0343. The predicted molar refractivity (Wildman–Crippen MR) is 74.9 cm³/mol. The van der Waals surface area contributed by atoms with E-state index >= 15 is 0 Å². The Morgan fingerprint density at radius 2 is 2.10 bits per heavy atom. The highest BCUT2D eigenvalue weighted by molar-refractivity contribution is 5.99. The molecule has 1 aromatic carbocycles. The van der Waals surface area contributed by atoms with Crippen LogP contribution in [-0.2, 0) is 4.79 Å². The maximum atomic E-state index is 12.3. The van der Waals surface area contributed by atoms with E-state index < -0.39 is 0 Å². The maximum Gasteiger partial charge on any atom is 0.244 e. The third-order valence-electron chi connectivity index (χ3n) is 3.40. The molecule has 0 aromatic heterocycles. The molecule has 1 fully saturated rings. The monoisotopic (exact) mass is 268 g/mol. The van der Waals surface area contributed by atoms with E-state index in [1.807, 2.05) is 12.1 Å². The summed E-state index contributed by atoms with van der Waals surface area (Å²) in [5.41, 5.74) is 1.33. The van der Waals surface area contributed by atoms with Gasteiger partial charge in [0, 0.05) is 12.2 Å². The largest absolute Gasteiger partial charge is 0.311 e. The number of carbonyl (C=O) groups excluding carboxylic acids is 1. The van der Waals surface area contributed by atoms with E-state index in [0.717, 1.165) is 19.4 Å². The second-order valence-electron chi connectivity index (χ2n) is 4.74. The van der Waals surface area contributed by atoms with E-state index in [-0.39, 0.29) is 11.9 Å². The molecular formula is C15H16N4O. The zero-order valence-electron chi connectivity index (χ0n) is 11.4. The molecule has 102 valence electrons. The van der Waals surface area contributed by atoms with Crippen LogP contribution in [-0.4, -0.2) is 25.0 Å². The van der Waals surface area contributed by atoms with Gasteiger partial charge in [0.1, 0.15) is 12.1 Å². The average Bonchev–Trinajstić information content (AvgIpc) is 2.85. The number of nitrogens with zero attached hydrogens (tertiary/aromatic N) is 3. The van der Waals surface area contributed by atoms with Crippen molar-refractivity contribution in [3.8, 4) is 12.1 Å². The van der Waals surface area contributed by atoms with Crippen molar-refractivity contribution in [1.82, 2.24) is 5.32 Å². The van der Waals surface area contributed by atoms with Gasteiger partial charge in [-0.25, -0.2) is 0 Å². The highest BCUT2D eigenvalue weighted by Gasteiger charge is 2.32. The minimum Gasteiger partial charge on any atom is -0.311 e. The molecule has 0 aliphatic carbocycles. The Kier molecular flexibility index (Phi) is 4.34. The molecule has 1 aliphatic rings. The maximum absolute atomic E-state index is 12.3. The molecule has 5 heteroatoms. The smallest absolute Gasteiger partial charge is 0.244 e. The van der Waals surface area contributed by atoms with Crippen molar-refractivity contribution in [3.63, 3.8) is 0 Å². The lowest BCUT2D eigenvalue weighted by molar-refractivity contribution is -0.118. The van der Waals surface area contributed by atoms with Crippen LogP contribution in [0.4, 0.5) is 5.69 Å². The number of hydrogen-bond acceptors (Lipinski definition) is 4. The molecule has 1 aliphatic heterocycles. The number of nitriles is 2. The fourth-order valence-corrected chi connectivity index (χ4v) is 2.33. The normalized spacial score (nSPS) is 17.9. The zero-order chi connectivity index (χ0) is 14.5. The van der Waals surface area contributed by atoms with Crippen molar-refractivity contribution in [3.05, 3.63) is 29.3 Å². The van der Waals surface area contributed by atoms with Gasteiger partial charge in [-0.2, -0.15) is 10.5 Å². The molecule has 1 saturated heterocycles. The Bertz CT molecular complexity index is 597. The van der Waals surface area contributed by atoms with Crippen LogP contribution in [0.3, 0.4) is 0 Å². The lowest BCUT2D eigenvalue weighted by Gasteiger charge is -2.17. The number of amides is 1. The van der Waals surface area contributed by atoms with Gasteiger partial charge in [0.05, 0.1) is 17.2 Å². The van der Waals surface area contributed by atoms with Gasteiger partial charge in [0.25, 0.3) is 0 Å². The molecule has 1 unspecified atom stereocenters. The van der Waals surface area contributed by atoms with E-state index in [4.69, 9.17) is 10.5 Å². The number of anilines is 1. The lowest BCUT2D eigenvalue weighted by atomic mass is 10.1. The molecule has 1 N–H and O–H groups in total. The summed E-state index contributed by atoms with van der Waals surface area (Å²) in [7, 11) is 0. The molecular weight excluding hydrogens is 252 g/mol. The van der Waals surface area contributed by atoms with Gasteiger partial charge in [0.15, 0.2) is 0 Å². The summed E-state index contributed by atoms with van der Waals surface area (Å²) >= 11 is 0. The van der Waals surface area contributed by atoms with Crippen LogP contribution >= 0.6 is 0 Å². The Hall–Kier alpha value is -2.37. The summed E-state index contributed by atoms with van der Waals surface area (Å²) in [6, 6.07) is 8.75. The molecule has 2 rings (SSSR count). The van der Waals surface area contributed by atoms with Crippen molar-refractivity contribution >= 4 is 11.6 Å². The molecule has 20 heavy (non-hydrogen) atoms. The van der Waals surface area contributed by atoms with E-state index in [1.165, 1.54) is 0 Å². The Balaban J connectivity index is 2.20. The highest BCUT2D eigenvalue weighted by Crippen LogP contribution is 2.24. The molecule has 1 aromatic rings. The molecule has 0 saturated carbocycles. The first-order chi connectivity index (χ1) is 9.71. The quantitative estimate of drug-likeness (QED) is 0.898. The number of carbonyl (C=O) groups is 1. The second kappa shape index (κ2) is 6.18. The number of hydrogen-bond donors (Lipinski definition) is 1. The van der Waals surface area contributed by atoms with E-state index in [2.05, 4.69) is 12.2 Å². The number of rotatable bonds is 4. The molecule has 0 radical (unpaired) electrons. The fourth-order valence-electron chi connectivity index (χ4n) is 2.33. The summed E-state index contributed by atoms with van der Waals surface area (Å²) in [6.07, 6.45) is 1.75. The first-order valence-corrected chi connectivity index (χ1v) is 6.70. The molecule has 0 bridgehead atoms. The minimum absolute atomic E-state index is 0.0343. The van der Waals surface area contributed by atoms with E-state index in [0.29, 0.717) is 23.4 Å². The predicted octanol–water partition coefficient (Wildman–Crippen LogP) is 1.53.